The molecule has 0 spiro atoms. The van der Waals surface area contributed by atoms with Crippen LogP contribution in [-0.4, -0.2) is 6.36 Å². The lowest BCUT2D eigenvalue weighted by molar-refractivity contribution is -0.274. The molecule has 0 fully saturated rings. The van der Waals surface area contributed by atoms with Gasteiger partial charge in [0.05, 0.1) is 0 Å². The molecular weight excluding hydrogens is 224 g/mol. The van der Waals surface area contributed by atoms with Gasteiger partial charge in [-0.3, -0.25) is 0 Å². The Balaban J connectivity index is 3.09. The molecule has 0 N–H and O–H groups in total. The summed E-state index contributed by atoms with van der Waals surface area (Å²) in [5.74, 6) is -0.944. The normalized spacial score (nSPS) is 12.7. The lowest BCUT2D eigenvalue weighted by Gasteiger charge is -2.20. The molecule has 0 amide bonds. The smallest absolute Gasteiger partial charge is 0.406 e. The maximum absolute atomic E-state index is 13.4. The lowest BCUT2D eigenvalue weighted by atomic mass is 9.86. The molecule has 0 aliphatic heterocycles. The maximum atomic E-state index is 13.4. The van der Waals surface area contributed by atoms with Gasteiger partial charge in [-0.15, -0.1) is 13.2 Å². The minimum atomic E-state index is -4.76. The van der Waals surface area contributed by atoms with Crippen LogP contribution in [0.4, 0.5) is 17.6 Å². The molecule has 5 heteroatoms. The highest BCUT2D eigenvalue weighted by Gasteiger charge is 2.31. The van der Waals surface area contributed by atoms with Crippen molar-refractivity contribution in [2.24, 2.45) is 0 Å². The topological polar surface area (TPSA) is 9.23 Å². The zero-order valence-electron chi connectivity index (χ0n) is 9.15. The van der Waals surface area contributed by atoms with E-state index in [1.165, 1.54) is 0 Å². The van der Waals surface area contributed by atoms with Crippen LogP contribution in [0, 0.1) is 5.82 Å². The summed E-state index contributed by atoms with van der Waals surface area (Å²) in [5.41, 5.74) is -0.385. The first kappa shape index (κ1) is 12.8. The molecule has 0 unspecified atom stereocenters. The van der Waals surface area contributed by atoms with Crippen LogP contribution in [-0.2, 0) is 5.41 Å². The molecule has 0 bridgehead atoms. The van der Waals surface area contributed by atoms with Crippen molar-refractivity contribution < 1.29 is 22.3 Å². The fourth-order valence-corrected chi connectivity index (χ4v) is 1.28. The van der Waals surface area contributed by atoms with E-state index in [1.54, 1.807) is 20.8 Å². The van der Waals surface area contributed by atoms with E-state index in [4.69, 9.17) is 0 Å². The fraction of sp³-hybridized carbons (Fsp3) is 0.455. The van der Waals surface area contributed by atoms with E-state index in [0.717, 1.165) is 18.2 Å². The monoisotopic (exact) mass is 236 g/mol. The number of hydrogen-bond acceptors (Lipinski definition) is 1. The molecule has 90 valence electrons. The number of benzene rings is 1. The molecule has 1 nitrogen and oxygen atoms in total. The van der Waals surface area contributed by atoms with E-state index < -0.39 is 23.3 Å². The zero-order chi connectivity index (χ0) is 12.6. The molecular formula is C11H12F4O. The summed E-state index contributed by atoms with van der Waals surface area (Å²) in [4.78, 5) is 0. The quantitative estimate of drug-likeness (QED) is 0.669. The average Bonchev–Trinajstić information content (AvgIpc) is 2.04. The minimum Gasteiger partial charge on any atom is -0.406 e. The Kier molecular flexibility index (Phi) is 3.17. The number of hydrogen-bond donors (Lipinski definition) is 0. The predicted molar refractivity (Wildman–Crippen MR) is 51.8 cm³/mol. The Labute approximate surface area is 91.0 Å². The van der Waals surface area contributed by atoms with Gasteiger partial charge in [-0.1, -0.05) is 20.8 Å². The number of halogens is 4. The molecule has 0 saturated heterocycles. The average molecular weight is 236 g/mol. The van der Waals surface area contributed by atoms with E-state index in [2.05, 4.69) is 4.74 Å². The van der Waals surface area contributed by atoms with Gasteiger partial charge in [0.25, 0.3) is 0 Å². The van der Waals surface area contributed by atoms with Gasteiger partial charge in [-0.25, -0.2) is 4.39 Å². The fourth-order valence-electron chi connectivity index (χ4n) is 1.28. The lowest BCUT2D eigenvalue weighted by Crippen LogP contribution is -2.19. The van der Waals surface area contributed by atoms with Crippen molar-refractivity contribution in [3.8, 4) is 5.75 Å². The van der Waals surface area contributed by atoms with Crippen molar-refractivity contribution >= 4 is 0 Å². The van der Waals surface area contributed by atoms with E-state index >= 15 is 0 Å². The molecule has 0 aliphatic rings. The van der Waals surface area contributed by atoms with Gasteiger partial charge in [-0.2, -0.15) is 0 Å². The molecule has 0 heterocycles. The zero-order valence-corrected chi connectivity index (χ0v) is 9.15. The van der Waals surface area contributed by atoms with Crippen LogP contribution in [0.25, 0.3) is 0 Å². The Morgan fingerprint density at radius 2 is 1.62 bits per heavy atom. The Morgan fingerprint density at radius 3 is 2.06 bits per heavy atom. The second kappa shape index (κ2) is 3.96. The second-order valence-electron chi connectivity index (χ2n) is 4.44. The first-order chi connectivity index (χ1) is 7.09. The number of alkyl halides is 3. The minimum absolute atomic E-state index is 0.189. The van der Waals surface area contributed by atoms with Crippen LogP contribution in [0.1, 0.15) is 26.3 Å². The summed E-state index contributed by atoms with van der Waals surface area (Å²) >= 11 is 0. The van der Waals surface area contributed by atoms with Crippen LogP contribution in [0.3, 0.4) is 0 Å². The van der Waals surface area contributed by atoms with E-state index in [9.17, 15) is 17.6 Å². The third-order valence-electron chi connectivity index (χ3n) is 1.98. The van der Waals surface area contributed by atoms with Crippen molar-refractivity contribution in [2.75, 3.05) is 0 Å². The Hall–Kier alpha value is -1.26. The van der Waals surface area contributed by atoms with Gasteiger partial charge in [0.1, 0.15) is 11.6 Å². The molecule has 0 saturated carbocycles. The molecule has 0 aliphatic carbocycles. The second-order valence-corrected chi connectivity index (χ2v) is 4.44. The predicted octanol–water partition coefficient (Wildman–Crippen LogP) is 4.02. The first-order valence-electron chi connectivity index (χ1n) is 4.65. The van der Waals surface area contributed by atoms with Gasteiger partial charge in [0, 0.05) is 0 Å². The molecule has 1 aromatic carbocycles. The third kappa shape index (κ3) is 3.40. The largest absolute Gasteiger partial charge is 0.573 e. The number of ether oxygens (including phenoxy) is 1. The summed E-state index contributed by atoms with van der Waals surface area (Å²) in [6.45, 7) is 5.13. The van der Waals surface area contributed by atoms with Crippen LogP contribution in [0.15, 0.2) is 18.2 Å². The van der Waals surface area contributed by atoms with Crippen molar-refractivity contribution in [1.29, 1.82) is 0 Å². The maximum Gasteiger partial charge on any atom is 0.573 e. The van der Waals surface area contributed by atoms with Crippen molar-refractivity contribution in [1.82, 2.24) is 0 Å². The Morgan fingerprint density at radius 1 is 1.06 bits per heavy atom. The van der Waals surface area contributed by atoms with E-state index in [0.29, 0.717) is 0 Å². The highest BCUT2D eigenvalue weighted by atomic mass is 19.4. The summed E-state index contributed by atoms with van der Waals surface area (Å²) in [7, 11) is 0. The van der Waals surface area contributed by atoms with Gasteiger partial charge < -0.3 is 4.74 Å². The molecule has 1 aromatic rings. The summed E-state index contributed by atoms with van der Waals surface area (Å²) in [6, 6.07) is 3.00. The molecule has 0 atom stereocenters. The summed E-state index contributed by atoms with van der Waals surface area (Å²) < 4.78 is 53.0. The number of rotatable bonds is 1. The van der Waals surface area contributed by atoms with Crippen LogP contribution < -0.4 is 4.74 Å². The van der Waals surface area contributed by atoms with Gasteiger partial charge in [0.15, 0.2) is 0 Å². The van der Waals surface area contributed by atoms with E-state index in [-0.39, 0.29) is 5.56 Å². The molecule has 1 rings (SSSR count). The highest BCUT2D eigenvalue weighted by Crippen LogP contribution is 2.30. The first-order valence-corrected chi connectivity index (χ1v) is 4.65. The highest BCUT2D eigenvalue weighted by molar-refractivity contribution is 5.34. The van der Waals surface area contributed by atoms with Gasteiger partial charge >= 0.3 is 6.36 Å². The standard InChI is InChI=1S/C11H12F4O/c1-10(2,3)8-6-7(4-5-9(8)12)16-11(13,14)15/h4-6H,1-3H3. The van der Waals surface area contributed by atoms with Crippen molar-refractivity contribution in [3.63, 3.8) is 0 Å². The van der Waals surface area contributed by atoms with Crippen LogP contribution in [0.5, 0.6) is 5.75 Å². The van der Waals surface area contributed by atoms with Crippen molar-refractivity contribution in [3.05, 3.63) is 29.6 Å². The summed E-state index contributed by atoms with van der Waals surface area (Å²) in [6.07, 6.45) is -4.76. The Bertz CT molecular complexity index is 377. The van der Waals surface area contributed by atoms with Gasteiger partial charge in [0.2, 0.25) is 0 Å². The molecule has 0 aromatic heterocycles. The van der Waals surface area contributed by atoms with Crippen LogP contribution >= 0.6 is 0 Å². The third-order valence-corrected chi connectivity index (χ3v) is 1.98. The van der Waals surface area contributed by atoms with Crippen molar-refractivity contribution in [2.45, 2.75) is 32.5 Å². The van der Waals surface area contributed by atoms with Crippen LogP contribution in [0.2, 0.25) is 0 Å². The SMILES string of the molecule is CC(C)(C)c1cc(OC(F)(F)F)ccc1F. The molecule has 16 heavy (non-hydrogen) atoms. The summed E-state index contributed by atoms with van der Waals surface area (Å²) in [5, 5.41) is 0. The van der Waals surface area contributed by atoms with Gasteiger partial charge in [-0.05, 0) is 29.2 Å². The van der Waals surface area contributed by atoms with E-state index in [1.807, 2.05) is 0 Å². The molecule has 0 radical (unpaired) electrons.